The third-order valence-corrected chi connectivity index (χ3v) is 4.99. The number of carboxylic acid groups (broad SMARTS) is 1. The number of hydrogen-bond acceptors (Lipinski definition) is 5. The maximum atomic E-state index is 12.2. The summed E-state index contributed by atoms with van der Waals surface area (Å²) in [4.78, 5) is 16.7. The molecule has 0 saturated carbocycles. The van der Waals surface area contributed by atoms with Crippen LogP contribution in [-0.2, 0) is 19.6 Å². The molecule has 112 valence electrons. The number of nitrogens with one attached hydrogen (secondary N) is 1. The van der Waals surface area contributed by atoms with Crippen molar-refractivity contribution in [2.75, 3.05) is 19.7 Å². The zero-order valence-electron chi connectivity index (χ0n) is 10.9. The molecule has 0 spiro atoms. The molecule has 1 saturated heterocycles. The van der Waals surface area contributed by atoms with Crippen molar-refractivity contribution in [2.24, 2.45) is 0 Å². The lowest BCUT2D eigenvalue weighted by atomic mass is 10.1. The predicted molar refractivity (Wildman–Crippen MR) is 68.6 cm³/mol. The molecule has 0 unspecified atom stereocenters. The first-order chi connectivity index (χ1) is 9.50. The molecule has 2 N–H and O–H groups in total. The number of carbonyl (C=O) groups is 1. The number of nitrogens with zero attached hydrogens (tertiary/aromatic N) is 2. The number of rotatable bonds is 6. The predicted octanol–water partition coefficient (Wildman–Crippen LogP) is 0.0541. The molecule has 0 amide bonds. The summed E-state index contributed by atoms with van der Waals surface area (Å²) < 4.78 is 31.2. The molecule has 2 heterocycles. The van der Waals surface area contributed by atoms with Gasteiger partial charge in [0.05, 0.1) is 31.7 Å². The second-order valence-corrected chi connectivity index (χ2v) is 6.44. The van der Waals surface area contributed by atoms with Crippen LogP contribution in [-0.4, -0.2) is 59.6 Å². The summed E-state index contributed by atoms with van der Waals surface area (Å²) >= 11 is 0. The molecule has 20 heavy (non-hydrogen) atoms. The first kappa shape index (κ1) is 14.9. The standard InChI is InChI=1S/C11H17N3O5S/c15-11(16)3-6-19-9-1-4-14(5-2-9)20(17,18)10-7-12-8-13-10/h7-9H,1-6H2,(H,12,13)(H,15,16). The Morgan fingerprint density at radius 2 is 2.20 bits per heavy atom. The number of aromatic amines is 1. The number of sulfonamides is 1. The van der Waals surface area contributed by atoms with E-state index in [2.05, 4.69) is 9.97 Å². The second kappa shape index (κ2) is 6.33. The minimum Gasteiger partial charge on any atom is -0.481 e. The van der Waals surface area contributed by atoms with Crippen molar-refractivity contribution in [3.63, 3.8) is 0 Å². The zero-order chi connectivity index (χ0) is 14.6. The van der Waals surface area contributed by atoms with Crippen molar-refractivity contribution < 1.29 is 23.1 Å². The van der Waals surface area contributed by atoms with E-state index in [1.807, 2.05) is 0 Å². The minimum atomic E-state index is -3.51. The van der Waals surface area contributed by atoms with E-state index in [4.69, 9.17) is 9.84 Å². The van der Waals surface area contributed by atoms with Crippen LogP contribution in [0.5, 0.6) is 0 Å². The van der Waals surface area contributed by atoms with E-state index in [9.17, 15) is 13.2 Å². The van der Waals surface area contributed by atoms with E-state index in [1.165, 1.54) is 16.8 Å². The Morgan fingerprint density at radius 3 is 2.75 bits per heavy atom. The Bertz CT molecular complexity index is 534. The topological polar surface area (TPSA) is 113 Å². The zero-order valence-corrected chi connectivity index (χ0v) is 11.7. The van der Waals surface area contributed by atoms with Gasteiger partial charge in [0.25, 0.3) is 10.0 Å². The Morgan fingerprint density at radius 1 is 1.50 bits per heavy atom. The minimum absolute atomic E-state index is 0.0351. The number of H-pyrrole nitrogens is 1. The van der Waals surface area contributed by atoms with Crippen molar-refractivity contribution >= 4 is 16.0 Å². The van der Waals surface area contributed by atoms with E-state index in [0.29, 0.717) is 25.9 Å². The SMILES string of the molecule is O=C(O)CCOC1CCN(S(=O)(=O)c2cnc[nH]2)CC1. The van der Waals surface area contributed by atoms with Gasteiger partial charge in [-0.3, -0.25) is 4.79 Å². The average molecular weight is 303 g/mol. The summed E-state index contributed by atoms with van der Waals surface area (Å²) in [5, 5.41) is 8.61. The number of hydrogen-bond donors (Lipinski definition) is 2. The maximum absolute atomic E-state index is 12.2. The van der Waals surface area contributed by atoms with E-state index in [-0.39, 0.29) is 24.2 Å². The van der Waals surface area contributed by atoms with Crippen LogP contribution in [0.2, 0.25) is 0 Å². The van der Waals surface area contributed by atoms with Gasteiger partial charge >= 0.3 is 5.97 Å². The summed E-state index contributed by atoms with van der Waals surface area (Å²) in [6.45, 7) is 0.880. The number of aliphatic carboxylic acids is 1. The van der Waals surface area contributed by atoms with Crippen molar-refractivity contribution in [3.8, 4) is 0 Å². The average Bonchev–Trinajstić information content (AvgIpc) is 2.93. The highest BCUT2D eigenvalue weighted by Crippen LogP contribution is 2.20. The summed E-state index contributed by atoms with van der Waals surface area (Å²) in [5.74, 6) is -0.899. The number of piperidine rings is 1. The van der Waals surface area contributed by atoms with Gasteiger partial charge in [-0.1, -0.05) is 0 Å². The number of imidazole rings is 1. The monoisotopic (exact) mass is 303 g/mol. The van der Waals surface area contributed by atoms with Gasteiger partial charge in [0, 0.05) is 13.1 Å². The lowest BCUT2D eigenvalue weighted by Crippen LogP contribution is -2.41. The highest BCUT2D eigenvalue weighted by molar-refractivity contribution is 7.89. The number of ether oxygens (including phenoxy) is 1. The molecular weight excluding hydrogens is 286 g/mol. The first-order valence-corrected chi connectivity index (χ1v) is 7.76. The van der Waals surface area contributed by atoms with Gasteiger partial charge in [-0.15, -0.1) is 0 Å². The summed E-state index contributed by atoms with van der Waals surface area (Å²) in [7, 11) is -3.51. The van der Waals surface area contributed by atoms with Gasteiger partial charge < -0.3 is 14.8 Å². The molecule has 1 aliphatic rings. The highest BCUT2D eigenvalue weighted by Gasteiger charge is 2.30. The lowest BCUT2D eigenvalue weighted by Gasteiger charge is -2.30. The van der Waals surface area contributed by atoms with Crippen molar-refractivity contribution in [1.29, 1.82) is 0 Å². The molecule has 0 aliphatic carbocycles. The fourth-order valence-electron chi connectivity index (χ4n) is 2.08. The number of aromatic nitrogens is 2. The van der Waals surface area contributed by atoms with Crippen molar-refractivity contribution in [3.05, 3.63) is 12.5 Å². The summed E-state index contributed by atoms with van der Waals surface area (Å²) in [5.41, 5.74) is 0. The third kappa shape index (κ3) is 3.56. The summed E-state index contributed by atoms with van der Waals surface area (Å²) in [6.07, 6.45) is 3.62. The van der Waals surface area contributed by atoms with Crippen molar-refractivity contribution in [1.82, 2.24) is 14.3 Å². The number of carboxylic acids is 1. The van der Waals surface area contributed by atoms with E-state index >= 15 is 0 Å². The van der Waals surface area contributed by atoms with Crippen LogP contribution in [0.25, 0.3) is 0 Å². The van der Waals surface area contributed by atoms with Gasteiger partial charge in [0.2, 0.25) is 0 Å². The van der Waals surface area contributed by atoms with Crippen LogP contribution in [0.15, 0.2) is 17.6 Å². The van der Waals surface area contributed by atoms with E-state index < -0.39 is 16.0 Å². The molecule has 1 aliphatic heterocycles. The van der Waals surface area contributed by atoms with Crippen LogP contribution in [0.4, 0.5) is 0 Å². The van der Waals surface area contributed by atoms with Gasteiger partial charge in [-0.05, 0) is 12.8 Å². The summed E-state index contributed by atoms with van der Waals surface area (Å²) in [6, 6.07) is 0. The fourth-order valence-corrected chi connectivity index (χ4v) is 3.44. The van der Waals surface area contributed by atoms with Crippen LogP contribution in [0.3, 0.4) is 0 Å². The van der Waals surface area contributed by atoms with Gasteiger partial charge in [0.1, 0.15) is 0 Å². The van der Waals surface area contributed by atoms with Crippen LogP contribution in [0, 0.1) is 0 Å². The van der Waals surface area contributed by atoms with Crippen LogP contribution >= 0.6 is 0 Å². The molecular formula is C11H17N3O5S. The molecule has 0 radical (unpaired) electrons. The first-order valence-electron chi connectivity index (χ1n) is 6.32. The molecule has 0 bridgehead atoms. The molecule has 2 rings (SSSR count). The Balaban J connectivity index is 1.84. The molecule has 1 aromatic heterocycles. The lowest BCUT2D eigenvalue weighted by molar-refractivity contribution is -0.138. The molecule has 1 aromatic rings. The molecule has 0 atom stereocenters. The second-order valence-electron chi connectivity index (χ2n) is 4.53. The van der Waals surface area contributed by atoms with E-state index in [0.717, 1.165) is 0 Å². The van der Waals surface area contributed by atoms with Gasteiger partial charge in [-0.2, -0.15) is 4.31 Å². The Kier molecular flexibility index (Phi) is 4.73. The Labute approximate surface area is 116 Å². The molecule has 8 nitrogen and oxygen atoms in total. The fraction of sp³-hybridized carbons (Fsp3) is 0.636. The third-order valence-electron chi connectivity index (χ3n) is 3.16. The van der Waals surface area contributed by atoms with Gasteiger partial charge in [-0.25, -0.2) is 13.4 Å². The molecule has 9 heteroatoms. The molecule has 1 fully saturated rings. The van der Waals surface area contributed by atoms with Gasteiger partial charge in [0.15, 0.2) is 5.03 Å². The normalized spacial score (nSPS) is 18.2. The Hall–Kier alpha value is -1.45. The highest BCUT2D eigenvalue weighted by atomic mass is 32.2. The van der Waals surface area contributed by atoms with Crippen molar-refractivity contribution in [2.45, 2.75) is 30.4 Å². The van der Waals surface area contributed by atoms with Crippen LogP contribution in [0.1, 0.15) is 19.3 Å². The van der Waals surface area contributed by atoms with E-state index in [1.54, 1.807) is 0 Å². The largest absolute Gasteiger partial charge is 0.481 e. The smallest absolute Gasteiger partial charge is 0.305 e. The maximum Gasteiger partial charge on any atom is 0.305 e. The van der Waals surface area contributed by atoms with Crippen LogP contribution < -0.4 is 0 Å². The molecule has 0 aromatic carbocycles. The quantitative estimate of drug-likeness (QED) is 0.768.